The normalized spacial score (nSPS) is 10.1. The summed E-state index contributed by atoms with van der Waals surface area (Å²) in [6.45, 7) is 0. The van der Waals surface area contributed by atoms with Crippen LogP contribution in [0.1, 0.15) is 11.1 Å². The molecule has 0 fully saturated rings. The number of rotatable bonds is 2. The quantitative estimate of drug-likeness (QED) is 0.345. The summed E-state index contributed by atoms with van der Waals surface area (Å²) < 4.78 is 3.29. The molecular formula is C30H14N10. The van der Waals surface area contributed by atoms with Crippen LogP contribution >= 0.6 is 0 Å². The number of benzene rings is 3. The topological polar surface area (TPSA) is 178 Å². The van der Waals surface area contributed by atoms with Gasteiger partial charge < -0.3 is 9.13 Å². The average Bonchev–Trinajstić information content (AvgIpc) is 3.50. The number of nitrogens with zero attached hydrogens (tertiary/aromatic N) is 10. The number of aryl methyl sites for hydroxylation is 2. The summed E-state index contributed by atoms with van der Waals surface area (Å²) in [5.41, 5.74) is 5.35. The van der Waals surface area contributed by atoms with Crippen LogP contribution in [0, 0.1) is 68.0 Å². The van der Waals surface area contributed by atoms with E-state index in [1.165, 1.54) is 0 Å². The molecule has 0 aliphatic heterocycles. The lowest BCUT2D eigenvalue weighted by Gasteiger charge is -2.13. The molecule has 5 rings (SSSR count). The number of hydrogen-bond donors (Lipinski definition) is 0. The van der Waals surface area contributed by atoms with E-state index in [0.717, 1.165) is 0 Å². The van der Waals surface area contributed by atoms with Gasteiger partial charge in [-0.25, -0.2) is 9.97 Å². The van der Waals surface area contributed by atoms with Crippen LogP contribution in [0.5, 0.6) is 0 Å². The zero-order valence-corrected chi connectivity index (χ0v) is 21.1. The predicted octanol–water partition coefficient (Wildman–Crippen LogP) is 2.93. The monoisotopic (exact) mass is 514 g/mol. The van der Waals surface area contributed by atoms with Crippen molar-refractivity contribution in [1.29, 1.82) is 31.6 Å². The first-order valence-electron chi connectivity index (χ1n) is 11.7. The molecule has 0 bridgehead atoms. The van der Waals surface area contributed by atoms with Crippen molar-refractivity contribution >= 4 is 33.2 Å². The van der Waals surface area contributed by atoms with Gasteiger partial charge in [0.15, 0.2) is 22.1 Å². The number of hydrogen-bond acceptors (Lipinski definition) is 8. The minimum absolute atomic E-state index is 0.154. The van der Waals surface area contributed by atoms with E-state index in [4.69, 9.17) is 9.97 Å². The zero-order chi connectivity index (χ0) is 28.6. The highest BCUT2D eigenvalue weighted by atomic mass is 15.1. The Kier molecular flexibility index (Phi) is 6.00. The smallest absolute Gasteiger partial charge is 0.172 e. The second kappa shape index (κ2) is 9.63. The molecule has 10 nitrogen and oxygen atoms in total. The Bertz CT molecular complexity index is 2080. The van der Waals surface area contributed by atoms with E-state index in [9.17, 15) is 31.6 Å². The van der Waals surface area contributed by atoms with Crippen molar-refractivity contribution in [2.24, 2.45) is 14.1 Å². The summed E-state index contributed by atoms with van der Waals surface area (Å²) in [5.74, 6) is 0. The van der Waals surface area contributed by atoms with Gasteiger partial charge in [-0.05, 0) is 35.4 Å². The number of fused-ring (bicyclic) bond motifs is 2. The summed E-state index contributed by atoms with van der Waals surface area (Å²) >= 11 is 0. The molecule has 0 saturated carbocycles. The van der Waals surface area contributed by atoms with Crippen LogP contribution < -0.4 is 11.0 Å². The van der Waals surface area contributed by atoms with Crippen molar-refractivity contribution < 1.29 is 0 Å². The highest BCUT2D eigenvalue weighted by molar-refractivity contribution is 6.17. The number of aromatic nitrogens is 4. The molecule has 0 aliphatic rings. The van der Waals surface area contributed by atoms with Crippen molar-refractivity contribution in [3.8, 4) is 58.7 Å². The fourth-order valence-corrected chi connectivity index (χ4v) is 4.81. The van der Waals surface area contributed by atoms with Gasteiger partial charge in [0, 0.05) is 25.2 Å². The number of imidazole rings is 2. The molecule has 0 aliphatic carbocycles. The Balaban J connectivity index is 2.16. The van der Waals surface area contributed by atoms with Crippen LogP contribution in [0.4, 0.5) is 0 Å². The molecule has 0 N–H and O–H groups in total. The van der Waals surface area contributed by atoms with Crippen LogP contribution in [0.25, 0.3) is 55.5 Å². The van der Waals surface area contributed by atoms with Gasteiger partial charge in [-0.3, -0.25) is 0 Å². The second-order valence-corrected chi connectivity index (χ2v) is 8.71. The second-order valence-electron chi connectivity index (χ2n) is 8.71. The Morgan fingerprint density at radius 3 is 1.15 bits per heavy atom. The third kappa shape index (κ3) is 3.60. The Hall–Kier alpha value is -6.72. The molecule has 0 atom stereocenters. The molecule has 0 amide bonds. The van der Waals surface area contributed by atoms with Crippen molar-refractivity contribution in [2.75, 3.05) is 0 Å². The first kappa shape index (κ1) is 25.0. The van der Waals surface area contributed by atoms with Gasteiger partial charge in [0.25, 0.3) is 0 Å². The number of nitriles is 6. The fraction of sp³-hybridized carbons (Fsp3) is 0.0667. The van der Waals surface area contributed by atoms with Crippen molar-refractivity contribution in [1.82, 2.24) is 19.1 Å². The van der Waals surface area contributed by atoms with E-state index in [2.05, 4.69) is 12.1 Å². The molecule has 40 heavy (non-hydrogen) atoms. The molecule has 10 heteroatoms. The van der Waals surface area contributed by atoms with Gasteiger partial charge in [-0.2, -0.15) is 31.6 Å². The summed E-state index contributed by atoms with van der Waals surface area (Å²) in [6, 6.07) is 25.5. The van der Waals surface area contributed by atoms with E-state index in [1.54, 1.807) is 71.8 Å². The maximum atomic E-state index is 9.66. The highest BCUT2D eigenvalue weighted by Crippen LogP contribution is 2.41. The van der Waals surface area contributed by atoms with Gasteiger partial charge in [0.2, 0.25) is 0 Å². The van der Waals surface area contributed by atoms with E-state index in [0.29, 0.717) is 55.4 Å². The molecule has 0 saturated heterocycles. The summed E-state index contributed by atoms with van der Waals surface area (Å²) in [5, 5.41) is 57.3. The standard InChI is InChI=1S/C30H14N10/c1-39-27-23(19-7-3-17(11-31)4-8-19)26-28(40(2)30(38-26)22(15-35)16-36)24(20-9-5-18(12-32)6-10-20)25(27)37-29(39)21(13-33)14-34/h3-10H,1-2H3. The van der Waals surface area contributed by atoms with Crippen molar-refractivity contribution in [3.63, 3.8) is 0 Å². The molecule has 2 aromatic heterocycles. The minimum atomic E-state index is -0.183. The van der Waals surface area contributed by atoms with Crippen molar-refractivity contribution in [2.45, 2.75) is 0 Å². The summed E-state index contributed by atoms with van der Waals surface area (Å²) in [7, 11) is 3.37. The highest BCUT2D eigenvalue weighted by Gasteiger charge is 2.26. The maximum absolute atomic E-state index is 9.66. The van der Waals surface area contributed by atoms with E-state index in [1.807, 2.05) is 24.3 Å². The lowest BCUT2D eigenvalue weighted by Crippen LogP contribution is -2.18. The Labute approximate surface area is 227 Å². The molecule has 3 aromatic carbocycles. The van der Waals surface area contributed by atoms with Crippen LogP contribution in [0.2, 0.25) is 0 Å². The van der Waals surface area contributed by atoms with Crippen molar-refractivity contribution in [3.05, 3.63) is 70.6 Å². The van der Waals surface area contributed by atoms with Crippen LogP contribution in [-0.2, 0) is 14.1 Å². The van der Waals surface area contributed by atoms with E-state index < -0.39 is 0 Å². The summed E-state index contributed by atoms with van der Waals surface area (Å²) in [6.07, 6.45) is 0. The zero-order valence-electron chi connectivity index (χ0n) is 21.1. The first-order valence-corrected chi connectivity index (χ1v) is 11.7. The lowest BCUT2D eigenvalue weighted by molar-refractivity contribution is 0.896. The third-order valence-corrected chi connectivity index (χ3v) is 6.64. The van der Waals surface area contributed by atoms with E-state index >= 15 is 0 Å². The Morgan fingerprint density at radius 1 is 0.550 bits per heavy atom. The molecule has 5 aromatic rings. The predicted molar refractivity (Wildman–Crippen MR) is 144 cm³/mol. The van der Waals surface area contributed by atoms with Gasteiger partial charge in [0.1, 0.15) is 24.3 Å². The van der Waals surface area contributed by atoms with E-state index in [-0.39, 0.29) is 22.1 Å². The molecule has 0 spiro atoms. The third-order valence-electron chi connectivity index (χ3n) is 6.64. The molecule has 0 unspecified atom stereocenters. The van der Waals surface area contributed by atoms with Crippen LogP contribution in [-0.4, -0.2) is 19.1 Å². The lowest BCUT2D eigenvalue weighted by atomic mass is 9.94. The minimum Gasteiger partial charge on any atom is -0.325 e. The van der Waals surface area contributed by atoms with Crippen LogP contribution in [0.15, 0.2) is 48.5 Å². The molecular weight excluding hydrogens is 500 g/mol. The fourth-order valence-electron chi connectivity index (χ4n) is 4.81. The summed E-state index contributed by atoms with van der Waals surface area (Å²) in [4.78, 5) is 9.53. The SMILES string of the molecule is Cn1c(=C(C#N)C#N)nc2c(-c3ccc(C#N)cc3)c3c(nc(=C(C#N)C#N)n3C)c(-c3ccc(C#N)cc3)c21. The average molecular weight is 515 g/mol. The molecule has 184 valence electrons. The maximum Gasteiger partial charge on any atom is 0.172 e. The van der Waals surface area contributed by atoms with Crippen LogP contribution in [0.3, 0.4) is 0 Å². The van der Waals surface area contributed by atoms with Gasteiger partial charge in [0.05, 0.1) is 45.3 Å². The van der Waals surface area contributed by atoms with Gasteiger partial charge in [-0.1, -0.05) is 24.3 Å². The Morgan fingerprint density at radius 2 is 0.875 bits per heavy atom. The van der Waals surface area contributed by atoms with Gasteiger partial charge in [-0.15, -0.1) is 0 Å². The first-order chi connectivity index (χ1) is 19.4. The van der Waals surface area contributed by atoms with Gasteiger partial charge >= 0.3 is 0 Å². The largest absolute Gasteiger partial charge is 0.325 e. The molecule has 0 radical (unpaired) electrons. The molecule has 2 heterocycles.